The van der Waals surface area contributed by atoms with Crippen molar-refractivity contribution in [1.29, 1.82) is 0 Å². The van der Waals surface area contributed by atoms with Crippen LogP contribution in [0.1, 0.15) is 14.8 Å². The zero-order valence-corrected chi connectivity index (χ0v) is 14.9. The van der Waals surface area contributed by atoms with Crippen molar-refractivity contribution in [2.75, 3.05) is 6.61 Å². The number of ether oxygens (including phenoxy) is 1. The van der Waals surface area contributed by atoms with E-state index < -0.39 is 15.4 Å². The van der Waals surface area contributed by atoms with Gasteiger partial charge in [0.15, 0.2) is 0 Å². The molecule has 1 N–H and O–H groups in total. The zero-order valence-electron chi connectivity index (χ0n) is 11.5. The van der Waals surface area contributed by atoms with Crippen LogP contribution in [-0.4, -0.2) is 10.6 Å². The second kappa shape index (κ2) is 11.3. The van der Waals surface area contributed by atoms with Crippen molar-refractivity contribution >= 4 is 0 Å². The molecule has 0 aromatic heterocycles. The van der Waals surface area contributed by atoms with Crippen LogP contribution in [0.15, 0.2) is 24.3 Å². The first-order valence-corrected chi connectivity index (χ1v) is 6.00. The maximum atomic E-state index is 8.67. The van der Waals surface area contributed by atoms with E-state index in [0.29, 0.717) is 0 Å². The molecule has 0 amide bonds. The molecule has 0 atom stereocenters. The Morgan fingerprint density at radius 2 is 1.81 bits per heavy atom. The molecule has 4 nitrogen and oxygen atoms in total. The number of para-hydroxylation sites is 1. The molecular weight excluding hydrogens is 269 g/mol. The summed E-state index contributed by atoms with van der Waals surface area (Å²) in [5.74, 6) is 1.08. The van der Waals surface area contributed by atoms with Crippen LogP contribution < -0.4 is 63.9 Å². The van der Waals surface area contributed by atoms with Crippen molar-refractivity contribution in [3.8, 4) is 5.75 Å². The van der Waals surface area contributed by atoms with E-state index in [1.54, 1.807) is 0 Å². The van der Waals surface area contributed by atoms with E-state index in [1.165, 1.54) is 12.0 Å². The van der Waals surface area contributed by atoms with Gasteiger partial charge in [-0.2, -0.15) is 0 Å². The van der Waals surface area contributed by atoms with Crippen LogP contribution in [0, 0.1) is 0 Å². The Labute approximate surface area is 147 Å². The molecule has 2 rings (SSSR count). The predicted octanol–water partition coefficient (Wildman–Crippen LogP) is -4.55. The Bertz CT molecular complexity index is 344. The molecule has 0 spiro atoms. The molecule has 0 radical (unpaired) electrons. The number of aryl methyl sites for hydroxylation is 1. The van der Waals surface area contributed by atoms with E-state index in [1.807, 2.05) is 12.1 Å². The summed E-state index contributed by atoms with van der Waals surface area (Å²) in [6.07, 6.45) is 2.34. The predicted molar refractivity (Wildman–Crippen MR) is 46.1 cm³/mol. The summed E-state index contributed by atoms with van der Waals surface area (Å²) in [5, 5.41) is 0. The summed E-state index contributed by atoms with van der Waals surface area (Å²) in [6, 6.07) is 8.25. The fourth-order valence-corrected chi connectivity index (χ4v) is 1.30. The molecule has 0 fully saturated rings. The molecule has 16 heavy (non-hydrogen) atoms. The number of fused-ring (bicyclic) bond motifs is 1. The number of hydrogen-bond donors (Lipinski definition) is 1. The average Bonchev–Trinajstić information content (AvgIpc) is 2.17. The summed E-state index contributed by atoms with van der Waals surface area (Å²) in [5.41, 5.74) is 1.36. The first-order valence-electron chi connectivity index (χ1n) is 4.24. The molecule has 0 aliphatic carbocycles. The molecular formula is C9H13Na2O4V. The molecule has 0 bridgehead atoms. The summed E-state index contributed by atoms with van der Waals surface area (Å²) in [7, 11) is 0. The largest absolute Gasteiger partial charge is 0.493 e. The molecule has 0 unspecified atom stereocenters. The van der Waals surface area contributed by atoms with Crippen LogP contribution in [0.5, 0.6) is 5.75 Å². The van der Waals surface area contributed by atoms with Crippen LogP contribution in [0.25, 0.3) is 0 Å². The molecule has 1 aliphatic heterocycles. The van der Waals surface area contributed by atoms with Gasteiger partial charge in [0.2, 0.25) is 0 Å². The topological polar surface area (TPSA) is 63.6 Å². The van der Waals surface area contributed by atoms with Crippen LogP contribution in [-0.2, 0) is 29.2 Å². The van der Waals surface area contributed by atoms with Gasteiger partial charge in [-0.05, 0) is 24.5 Å². The van der Waals surface area contributed by atoms with Gasteiger partial charge < -0.3 is 7.59 Å². The van der Waals surface area contributed by atoms with Gasteiger partial charge in [0, 0.05) is 0 Å². The Balaban J connectivity index is -0.000000111. The molecule has 1 heterocycles. The molecule has 0 saturated heterocycles. The van der Waals surface area contributed by atoms with Gasteiger partial charge in [0.05, 0.1) is 6.61 Å². The fraction of sp³-hybridized carbons (Fsp3) is 0.333. The van der Waals surface area contributed by atoms with Gasteiger partial charge in [-0.15, -0.1) is 0 Å². The third-order valence-corrected chi connectivity index (χ3v) is 1.82. The van der Waals surface area contributed by atoms with Crippen molar-refractivity contribution in [2.24, 2.45) is 0 Å². The maximum Gasteiger partial charge on any atom is 0.122 e. The minimum Gasteiger partial charge on any atom is -0.493 e. The van der Waals surface area contributed by atoms with Crippen molar-refractivity contribution in [3.05, 3.63) is 29.8 Å². The third-order valence-electron chi connectivity index (χ3n) is 1.82. The van der Waals surface area contributed by atoms with E-state index >= 15 is 0 Å². The summed E-state index contributed by atoms with van der Waals surface area (Å²) < 4.78 is 29.9. The smallest absolute Gasteiger partial charge is 0.122 e. The van der Waals surface area contributed by atoms with E-state index in [2.05, 4.69) is 12.1 Å². The summed E-state index contributed by atoms with van der Waals surface area (Å²) in [6.45, 7) is 0.886. The normalized spacial score (nSPS) is 11.3. The quantitative estimate of drug-likeness (QED) is 0.487. The van der Waals surface area contributed by atoms with Crippen LogP contribution in [0.4, 0.5) is 0 Å². The van der Waals surface area contributed by atoms with E-state index in [9.17, 15) is 0 Å². The monoisotopic (exact) mass is 282 g/mol. The average molecular weight is 282 g/mol. The van der Waals surface area contributed by atoms with Crippen LogP contribution in [0.3, 0.4) is 0 Å². The van der Waals surface area contributed by atoms with Crippen molar-refractivity contribution < 1.29 is 93.5 Å². The van der Waals surface area contributed by atoms with Crippen molar-refractivity contribution in [2.45, 2.75) is 12.8 Å². The fourth-order valence-electron chi connectivity index (χ4n) is 1.30. The first-order chi connectivity index (χ1) is 6.70. The number of hydrogen-bond acceptors (Lipinski definition) is 3. The number of benzene rings is 1. The Hall–Kier alpha value is 1.16. The van der Waals surface area contributed by atoms with Gasteiger partial charge in [0.1, 0.15) is 5.75 Å². The Morgan fingerprint density at radius 1 is 1.25 bits per heavy atom. The second-order valence-electron chi connectivity index (χ2n) is 2.80. The van der Waals surface area contributed by atoms with Crippen molar-refractivity contribution in [3.63, 3.8) is 0 Å². The maximum absolute atomic E-state index is 8.67. The molecule has 1 aromatic rings. The summed E-state index contributed by atoms with van der Waals surface area (Å²) in [4.78, 5) is 0. The minimum absolute atomic E-state index is 0. The van der Waals surface area contributed by atoms with Crippen LogP contribution in [0.2, 0.25) is 0 Å². The van der Waals surface area contributed by atoms with Gasteiger partial charge in [0.25, 0.3) is 0 Å². The van der Waals surface area contributed by atoms with Gasteiger partial charge in [-0.25, -0.2) is 0 Å². The second-order valence-corrected chi connectivity index (χ2v) is 3.54. The Morgan fingerprint density at radius 3 is 2.38 bits per heavy atom. The van der Waals surface area contributed by atoms with E-state index in [-0.39, 0.29) is 62.0 Å². The van der Waals surface area contributed by atoms with Crippen molar-refractivity contribution in [1.82, 2.24) is 0 Å². The number of rotatable bonds is 0. The molecule has 1 aromatic carbocycles. The van der Waals surface area contributed by atoms with Gasteiger partial charge >= 0.3 is 85.9 Å². The van der Waals surface area contributed by atoms with E-state index in [4.69, 9.17) is 16.1 Å². The van der Waals surface area contributed by atoms with Gasteiger partial charge in [-0.1, -0.05) is 18.2 Å². The first kappa shape index (κ1) is 19.5. The Kier molecular flexibility index (Phi) is 13.7. The molecule has 7 heteroatoms. The SMILES string of the molecule is [H-].[H-].[Na+].[Na+].[O]=[V](=[O])[OH].c1ccc2c(c1)CCCO2. The summed E-state index contributed by atoms with van der Waals surface area (Å²) >= 11 is -3.69. The van der Waals surface area contributed by atoms with Crippen LogP contribution >= 0.6 is 0 Å². The molecule has 1 aliphatic rings. The molecule has 80 valence electrons. The zero-order chi connectivity index (χ0) is 10.4. The van der Waals surface area contributed by atoms with E-state index in [0.717, 1.165) is 18.8 Å². The minimum atomic E-state index is -3.69. The third kappa shape index (κ3) is 8.28. The molecule has 0 saturated carbocycles. The standard InChI is InChI=1S/C9H10O.2Na.H2O.2O.V.2H/c1-2-6-9-8(4-1)5-3-7-10-9;;;;;;;;/h1-2,4,6H,3,5,7H2;;;1H2;;;;;/q;2*+1;;;;+1;2*-1/p-1. The van der Waals surface area contributed by atoms with Gasteiger partial charge in [-0.3, -0.25) is 0 Å².